The van der Waals surface area contributed by atoms with Gasteiger partial charge in [-0.1, -0.05) is 12.7 Å². The minimum absolute atomic E-state index is 0.0139. The van der Waals surface area contributed by atoms with Gasteiger partial charge in [0.15, 0.2) is 0 Å². The Morgan fingerprint density at radius 3 is 2.79 bits per heavy atom. The molecule has 1 aliphatic rings. The summed E-state index contributed by atoms with van der Waals surface area (Å²) in [7, 11) is 0. The summed E-state index contributed by atoms with van der Waals surface area (Å²) in [6, 6.07) is 1.83. The fourth-order valence-electron chi connectivity index (χ4n) is 2.82. The van der Waals surface area contributed by atoms with Crippen LogP contribution in [-0.4, -0.2) is 45.0 Å². The molecule has 0 bridgehead atoms. The Morgan fingerprint density at radius 1 is 1.35 bits per heavy atom. The molecule has 1 N–H and O–H groups in total. The highest BCUT2D eigenvalue weighted by Crippen LogP contribution is 2.30. The third-order valence-electron chi connectivity index (χ3n) is 4.41. The molecule has 0 spiro atoms. The van der Waals surface area contributed by atoms with E-state index in [1.807, 2.05) is 19.9 Å². The molecule has 0 fully saturated rings. The number of carbonyl (C=O) groups is 1. The topological polar surface area (TPSA) is 86.8 Å². The second kappa shape index (κ2) is 16.9. The van der Waals surface area contributed by atoms with Crippen LogP contribution in [0.25, 0.3) is 0 Å². The summed E-state index contributed by atoms with van der Waals surface area (Å²) in [5.74, 6) is -1.21. The van der Waals surface area contributed by atoms with Gasteiger partial charge in [-0.05, 0) is 62.1 Å². The summed E-state index contributed by atoms with van der Waals surface area (Å²) in [5.41, 5.74) is 1.45. The van der Waals surface area contributed by atoms with E-state index in [2.05, 4.69) is 21.9 Å². The number of rotatable bonds is 14. The standard InChI is InChI=1S/C26H30F2N4O2/c1-4-8-23(18-30-5-2)32-16-20(15-31-17-22(27)11-12-34-6-3)13-21(19-33)24-9-7-10-26(28)25(24)14-29/h4,8,10-11,13,16-19,32H,1,5-7,9,12,15H2,2-3H3/b20-16+,21-13+,22-11+,23-8+,30-18-,31-17-. The quantitative estimate of drug-likeness (QED) is 0.125. The van der Waals surface area contributed by atoms with Crippen molar-refractivity contribution in [2.45, 2.75) is 26.7 Å². The zero-order chi connectivity index (χ0) is 25.2. The van der Waals surface area contributed by atoms with Crippen molar-refractivity contribution in [3.63, 3.8) is 0 Å². The molecule has 0 saturated heterocycles. The van der Waals surface area contributed by atoms with Gasteiger partial charge in [0.25, 0.3) is 0 Å². The number of aliphatic imine (C=N–C) groups is 2. The number of hydrogen-bond acceptors (Lipinski definition) is 6. The molecule has 0 aromatic rings. The van der Waals surface area contributed by atoms with Gasteiger partial charge in [0, 0.05) is 31.1 Å². The van der Waals surface area contributed by atoms with Crippen LogP contribution in [0.5, 0.6) is 0 Å². The summed E-state index contributed by atoms with van der Waals surface area (Å²) < 4.78 is 33.1. The van der Waals surface area contributed by atoms with Gasteiger partial charge >= 0.3 is 0 Å². The zero-order valence-corrected chi connectivity index (χ0v) is 19.6. The maximum atomic E-state index is 14.1. The first-order chi connectivity index (χ1) is 16.5. The number of allylic oxidation sites excluding steroid dienone is 9. The van der Waals surface area contributed by atoms with Crippen molar-refractivity contribution in [1.82, 2.24) is 5.32 Å². The molecule has 180 valence electrons. The predicted molar refractivity (Wildman–Crippen MR) is 133 cm³/mol. The van der Waals surface area contributed by atoms with Crippen LogP contribution in [0.2, 0.25) is 0 Å². The number of nitrogens with zero attached hydrogens (tertiary/aromatic N) is 3. The van der Waals surface area contributed by atoms with Crippen molar-refractivity contribution < 1.29 is 18.3 Å². The van der Waals surface area contributed by atoms with Gasteiger partial charge in [-0.25, -0.2) is 8.78 Å². The predicted octanol–water partition coefficient (Wildman–Crippen LogP) is 5.17. The summed E-state index contributed by atoms with van der Waals surface area (Å²) in [5, 5.41) is 12.4. The Labute approximate surface area is 199 Å². The van der Waals surface area contributed by atoms with Crippen molar-refractivity contribution >= 4 is 18.7 Å². The average molecular weight is 469 g/mol. The van der Waals surface area contributed by atoms with E-state index in [9.17, 15) is 18.8 Å². The number of halogens is 2. The Bertz CT molecular complexity index is 1010. The number of nitriles is 1. The monoisotopic (exact) mass is 468 g/mol. The number of aldehydes is 1. The largest absolute Gasteiger partial charge is 0.378 e. The first-order valence-electron chi connectivity index (χ1n) is 10.9. The molecule has 6 nitrogen and oxygen atoms in total. The van der Waals surface area contributed by atoms with Crippen LogP contribution < -0.4 is 5.32 Å². The van der Waals surface area contributed by atoms with E-state index in [1.54, 1.807) is 24.6 Å². The maximum absolute atomic E-state index is 14.1. The molecule has 0 amide bonds. The van der Waals surface area contributed by atoms with E-state index >= 15 is 0 Å². The van der Waals surface area contributed by atoms with Crippen molar-refractivity contribution in [3.05, 3.63) is 82.8 Å². The van der Waals surface area contributed by atoms with Crippen molar-refractivity contribution in [2.24, 2.45) is 9.98 Å². The lowest BCUT2D eigenvalue weighted by molar-refractivity contribution is -0.104. The van der Waals surface area contributed by atoms with Gasteiger partial charge in [0.1, 0.15) is 24.0 Å². The lowest BCUT2D eigenvalue weighted by Crippen LogP contribution is -2.09. The smallest absolute Gasteiger partial charge is 0.150 e. The summed E-state index contributed by atoms with van der Waals surface area (Å²) in [4.78, 5) is 20.1. The van der Waals surface area contributed by atoms with Crippen LogP contribution in [0.15, 0.2) is 92.8 Å². The molecule has 34 heavy (non-hydrogen) atoms. The van der Waals surface area contributed by atoms with Crippen molar-refractivity contribution in [2.75, 3.05) is 26.3 Å². The third-order valence-corrected chi connectivity index (χ3v) is 4.41. The van der Waals surface area contributed by atoms with Crippen LogP contribution >= 0.6 is 0 Å². The molecular weight excluding hydrogens is 438 g/mol. The molecule has 0 aliphatic heterocycles. The summed E-state index contributed by atoms with van der Waals surface area (Å²) in [6.45, 7) is 8.57. The first kappa shape index (κ1) is 28.3. The normalized spacial score (nSPS) is 16.1. The minimum Gasteiger partial charge on any atom is -0.378 e. The molecular formula is C26H30F2N4O2. The summed E-state index contributed by atoms with van der Waals surface area (Å²) in [6.07, 6.45) is 12.9. The highest BCUT2D eigenvalue weighted by atomic mass is 19.1. The van der Waals surface area contributed by atoms with Gasteiger partial charge in [0.2, 0.25) is 0 Å². The van der Waals surface area contributed by atoms with Crippen molar-refractivity contribution in [1.29, 1.82) is 5.26 Å². The molecule has 0 heterocycles. The number of carbonyl (C=O) groups excluding carboxylic acids is 1. The first-order valence-corrected chi connectivity index (χ1v) is 10.9. The van der Waals surface area contributed by atoms with E-state index < -0.39 is 11.7 Å². The SMILES string of the molecule is C=C/C=C(\C=N/CC)N/C=C(\C=C(/C=O)C1=C(C#N)C(F)=CCC1)C/N=C\C(F)=C/COCC. The molecule has 0 unspecified atom stereocenters. The van der Waals surface area contributed by atoms with Crippen LogP contribution in [0, 0.1) is 11.3 Å². The van der Waals surface area contributed by atoms with Crippen LogP contribution in [0.4, 0.5) is 8.78 Å². The Hall–Kier alpha value is -3.70. The molecule has 8 heteroatoms. The van der Waals surface area contributed by atoms with Crippen LogP contribution in [0.3, 0.4) is 0 Å². The van der Waals surface area contributed by atoms with E-state index in [1.165, 1.54) is 18.2 Å². The highest BCUT2D eigenvalue weighted by Gasteiger charge is 2.19. The maximum Gasteiger partial charge on any atom is 0.150 e. The van der Waals surface area contributed by atoms with Gasteiger partial charge < -0.3 is 10.1 Å². The summed E-state index contributed by atoms with van der Waals surface area (Å²) >= 11 is 0. The minimum atomic E-state index is -0.647. The van der Waals surface area contributed by atoms with E-state index in [0.717, 1.165) is 6.21 Å². The zero-order valence-electron chi connectivity index (χ0n) is 19.6. The lowest BCUT2D eigenvalue weighted by Gasteiger charge is -2.14. The highest BCUT2D eigenvalue weighted by molar-refractivity contribution is 5.83. The average Bonchev–Trinajstić information content (AvgIpc) is 2.83. The van der Waals surface area contributed by atoms with Gasteiger partial charge in [-0.15, -0.1) is 0 Å². The van der Waals surface area contributed by atoms with E-state index in [4.69, 9.17) is 4.74 Å². The lowest BCUT2D eigenvalue weighted by atomic mass is 9.91. The fourth-order valence-corrected chi connectivity index (χ4v) is 2.82. The van der Waals surface area contributed by atoms with Crippen LogP contribution in [-0.2, 0) is 9.53 Å². The van der Waals surface area contributed by atoms with E-state index in [0.29, 0.717) is 49.1 Å². The molecule has 0 radical (unpaired) electrons. The molecule has 0 saturated carbocycles. The van der Waals surface area contributed by atoms with Gasteiger partial charge in [-0.2, -0.15) is 5.26 Å². The molecule has 0 aromatic heterocycles. The second-order valence-electron chi connectivity index (χ2n) is 6.84. The Balaban J connectivity index is 3.33. The molecule has 1 rings (SSSR count). The Morgan fingerprint density at radius 2 is 2.15 bits per heavy atom. The third kappa shape index (κ3) is 10.3. The van der Waals surface area contributed by atoms with Crippen molar-refractivity contribution in [3.8, 4) is 6.07 Å². The molecule has 0 atom stereocenters. The van der Waals surface area contributed by atoms with Gasteiger partial charge in [0.05, 0.1) is 30.6 Å². The van der Waals surface area contributed by atoms with Crippen LogP contribution in [0.1, 0.15) is 26.7 Å². The van der Waals surface area contributed by atoms with Gasteiger partial charge in [-0.3, -0.25) is 14.8 Å². The molecule has 0 aromatic carbocycles. The Kier molecular flexibility index (Phi) is 14.1. The fraction of sp³-hybridized carbons (Fsp3) is 0.308. The number of ether oxygens (including phenoxy) is 1. The number of nitrogens with one attached hydrogen (secondary N) is 1. The second-order valence-corrected chi connectivity index (χ2v) is 6.84. The number of hydrogen-bond donors (Lipinski definition) is 1. The molecule has 1 aliphatic carbocycles. The van der Waals surface area contributed by atoms with E-state index in [-0.39, 0.29) is 24.3 Å².